The molecule has 1 saturated heterocycles. The normalized spacial score (nSPS) is 14.8. The zero-order valence-corrected chi connectivity index (χ0v) is 10.9. The van der Waals surface area contributed by atoms with E-state index in [4.69, 9.17) is 0 Å². The van der Waals surface area contributed by atoms with E-state index in [1.807, 2.05) is 6.26 Å². The summed E-state index contributed by atoms with van der Waals surface area (Å²) in [4.78, 5) is 25.3. The lowest BCUT2D eigenvalue weighted by molar-refractivity contribution is -0.385. The fourth-order valence-electron chi connectivity index (χ4n) is 2.06. The van der Waals surface area contributed by atoms with E-state index in [9.17, 15) is 14.9 Å². The molecule has 0 N–H and O–H groups in total. The van der Waals surface area contributed by atoms with Crippen molar-refractivity contribution in [2.75, 3.05) is 19.3 Å². The summed E-state index contributed by atoms with van der Waals surface area (Å²) in [6.07, 6.45) is 3.83. The van der Waals surface area contributed by atoms with E-state index in [1.165, 1.54) is 17.8 Å². The quantitative estimate of drug-likeness (QED) is 0.479. The van der Waals surface area contributed by atoms with E-state index < -0.39 is 4.92 Å². The average Bonchev–Trinajstić information content (AvgIpc) is 2.90. The number of hydrogen-bond donors (Lipinski definition) is 0. The minimum Gasteiger partial charge on any atom is -0.338 e. The summed E-state index contributed by atoms with van der Waals surface area (Å²) in [5.74, 6) is -0.227. The minimum absolute atomic E-state index is 0.107. The highest BCUT2D eigenvalue weighted by Crippen LogP contribution is 2.26. The molecule has 0 bridgehead atoms. The summed E-state index contributed by atoms with van der Waals surface area (Å²) in [7, 11) is 0. The SMILES string of the molecule is CSc1ccc([N+](=O)[O-])c(C(=O)N2CCCC2)c1. The first-order valence-electron chi connectivity index (χ1n) is 5.75. The Labute approximate surface area is 109 Å². The molecular formula is C12H14N2O3S. The van der Waals surface area contributed by atoms with Gasteiger partial charge in [0.25, 0.3) is 11.6 Å². The fraction of sp³-hybridized carbons (Fsp3) is 0.417. The average molecular weight is 266 g/mol. The summed E-state index contributed by atoms with van der Waals surface area (Å²) in [5, 5.41) is 11.0. The van der Waals surface area contributed by atoms with Crippen LogP contribution in [-0.2, 0) is 0 Å². The van der Waals surface area contributed by atoms with Gasteiger partial charge in [-0.25, -0.2) is 0 Å². The molecule has 0 saturated carbocycles. The van der Waals surface area contributed by atoms with Crippen LogP contribution in [0.4, 0.5) is 5.69 Å². The summed E-state index contributed by atoms with van der Waals surface area (Å²) < 4.78 is 0. The van der Waals surface area contributed by atoms with Gasteiger partial charge in [0.05, 0.1) is 4.92 Å². The standard InChI is InChI=1S/C12H14N2O3S/c1-18-9-4-5-11(14(16)17)10(8-9)12(15)13-6-2-3-7-13/h4-5,8H,2-3,6-7H2,1H3. The molecule has 1 aromatic rings. The second kappa shape index (κ2) is 5.39. The Morgan fingerprint density at radius 2 is 2.06 bits per heavy atom. The predicted molar refractivity (Wildman–Crippen MR) is 70.0 cm³/mol. The number of nitrogens with zero attached hydrogens (tertiary/aromatic N) is 2. The Bertz CT molecular complexity index is 484. The number of carbonyl (C=O) groups is 1. The fourth-order valence-corrected chi connectivity index (χ4v) is 2.50. The summed E-state index contributed by atoms with van der Waals surface area (Å²) in [6, 6.07) is 4.70. The number of likely N-dealkylation sites (tertiary alicyclic amines) is 1. The van der Waals surface area contributed by atoms with Gasteiger partial charge in [-0.1, -0.05) is 0 Å². The molecule has 0 aliphatic carbocycles. The predicted octanol–water partition coefficient (Wildman–Crippen LogP) is 2.55. The van der Waals surface area contributed by atoms with Crippen molar-refractivity contribution in [1.29, 1.82) is 0 Å². The first-order valence-corrected chi connectivity index (χ1v) is 6.97. The summed E-state index contributed by atoms with van der Waals surface area (Å²) in [6.45, 7) is 1.39. The van der Waals surface area contributed by atoms with E-state index in [2.05, 4.69) is 0 Å². The van der Waals surface area contributed by atoms with Crippen molar-refractivity contribution in [3.63, 3.8) is 0 Å². The van der Waals surface area contributed by atoms with E-state index in [1.54, 1.807) is 17.0 Å². The van der Waals surface area contributed by atoms with Gasteiger partial charge in [0.15, 0.2) is 0 Å². The first-order chi connectivity index (χ1) is 8.63. The van der Waals surface area contributed by atoms with Gasteiger partial charge in [0.2, 0.25) is 0 Å². The van der Waals surface area contributed by atoms with Gasteiger partial charge >= 0.3 is 0 Å². The topological polar surface area (TPSA) is 63.5 Å². The molecule has 0 aromatic heterocycles. The van der Waals surface area contributed by atoms with Gasteiger partial charge in [-0.3, -0.25) is 14.9 Å². The van der Waals surface area contributed by atoms with Crippen LogP contribution in [-0.4, -0.2) is 35.1 Å². The molecule has 0 atom stereocenters. The number of carbonyl (C=O) groups excluding carboxylic acids is 1. The van der Waals surface area contributed by atoms with Crippen LogP contribution >= 0.6 is 11.8 Å². The number of benzene rings is 1. The summed E-state index contributed by atoms with van der Waals surface area (Å²) >= 11 is 1.47. The zero-order valence-electron chi connectivity index (χ0n) is 10.1. The second-order valence-corrected chi connectivity index (χ2v) is 5.02. The highest BCUT2D eigenvalue weighted by atomic mass is 32.2. The van der Waals surface area contributed by atoms with Gasteiger partial charge in [-0.15, -0.1) is 11.8 Å². The molecule has 1 heterocycles. The lowest BCUT2D eigenvalue weighted by Crippen LogP contribution is -2.28. The Hall–Kier alpha value is -1.56. The molecular weight excluding hydrogens is 252 g/mol. The van der Waals surface area contributed by atoms with E-state index >= 15 is 0 Å². The van der Waals surface area contributed by atoms with E-state index in [0.29, 0.717) is 13.1 Å². The molecule has 0 radical (unpaired) electrons. The molecule has 6 heteroatoms. The number of nitro groups is 1. The molecule has 1 amide bonds. The molecule has 1 aromatic carbocycles. The van der Waals surface area contributed by atoms with Crippen LogP contribution in [0, 0.1) is 10.1 Å². The maximum Gasteiger partial charge on any atom is 0.282 e. The molecule has 1 fully saturated rings. The molecule has 18 heavy (non-hydrogen) atoms. The van der Waals surface area contributed by atoms with Crippen molar-refractivity contribution in [2.24, 2.45) is 0 Å². The molecule has 96 valence electrons. The Kier molecular flexibility index (Phi) is 3.86. The van der Waals surface area contributed by atoms with Crippen LogP contribution in [0.3, 0.4) is 0 Å². The second-order valence-electron chi connectivity index (χ2n) is 4.14. The highest BCUT2D eigenvalue weighted by Gasteiger charge is 2.26. The van der Waals surface area contributed by atoms with Gasteiger partial charge in [0, 0.05) is 24.1 Å². The monoisotopic (exact) mass is 266 g/mol. The Balaban J connectivity index is 2.39. The van der Waals surface area contributed by atoms with Gasteiger partial charge < -0.3 is 4.90 Å². The van der Waals surface area contributed by atoms with Crippen LogP contribution in [0.25, 0.3) is 0 Å². The molecule has 0 spiro atoms. The third-order valence-corrected chi connectivity index (χ3v) is 3.75. The van der Waals surface area contributed by atoms with Crippen molar-refractivity contribution < 1.29 is 9.72 Å². The van der Waals surface area contributed by atoms with Crippen molar-refractivity contribution in [2.45, 2.75) is 17.7 Å². The van der Waals surface area contributed by atoms with Crippen molar-refractivity contribution in [1.82, 2.24) is 4.90 Å². The van der Waals surface area contributed by atoms with Gasteiger partial charge in [0.1, 0.15) is 5.56 Å². The van der Waals surface area contributed by atoms with E-state index in [-0.39, 0.29) is 17.2 Å². The van der Waals surface area contributed by atoms with Gasteiger partial charge in [-0.2, -0.15) is 0 Å². The zero-order chi connectivity index (χ0) is 13.1. The lowest BCUT2D eigenvalue weighted by Gasteiger charge is -2.15. The number of rotatable bonds is 3. The molecule has 5 nitrogen and oxygen atoms in total. The highest BCUT2D eigenvalue weighted by molar-refractivity contribution is 7.98. The van der Waals surface area contributed by atoms with Crippen LogP contribution < -0.4 is 0 Å². The third-order valence-electron chi connectivity index (χ3n) is 3.02. The van der Waals surface area contributed by atoms with Crippen LogP contribution in [0.1, 0.15) is 23.2 Å². The minimum atomic E-state index is -0.493. The molecule has 1 aliphatic rings. The Morgan fingerprint density at radius 3 is 2.61 bits per heavy atom. The molecule has 0 unspecified atom stereocenters. The number of nitro benzene ring substituents is 1. The largest absolute Gasteiger partial charge is 0.338 e. The maximum absolute atomic E-state index is 12.3. The number of thioether (sulfide) groups is 1. The van der Waals surface area contributed by atoms with Crippen LogP contribution in [0.2, 0.25) is 0 Å². The maximum atomic E-state index is 12.3. The van der Waals surface area contributed by atoms with Crippen molar-refractivity contribution in [3.8, 4) is 0 Å². The van der Waals surface area contributed by atoms with Crippen LogP contribution in [0.15, 0.2) is 23.1 Å². The third kappa shape index (κ3) is 2.48. The Morgan fingerprint density at radius 1 is 1.39 bits per heavy atom. The summed E-state index contributed by atoms with van der Waals surface area (Å²) in [5.41, 5.74) is 0.0958. The number of hydrogen-bond acceptors (Lipinski definition) is 4. The van der Waals surface area contributed by atoms with Crippen LogP contribution in [0.5, 0.6) is 0 Å². The number of amides is 1. The lowest BCUT2D eigenvalue weighted by atomic mass is 10.1. The first kappa shape index (κ1) is 12.9. The molecule has 2 rings (SSSR count). The smallest absolute Gasteiger partial charge is 0.282 e. The van der Waals surface area contributed by atoms with Crippen molar-refractivity contribution in [3.05, 3.63) is 33.9 Å². The molecule has 1 aliphatic heterocycles. The van der Waals surface area contributed by atoms with E-state index in [0.717, 1.165) is 17.7 Å². The van der Waals surface area contributed by atoms with Gasteiger partial charge in [-0.05, 0) is 31.2 Å². The van der Waals surface area contributed by atoms with Crippen molar-refractivity contribution >= 4 is 23.4 Å².